The van der Waals surface area contributed by atoms with Crippen LogP contribution in [0.5, 0.6) is 0 Å². The summed E-state index contributed by atoms with van der Waals surface area (Å²) < 4.78 is 0. The number of aryl methyl sites for hydroxylation is 2. The monoisotopic (exact) mass is 187 g/mol. The van der Waals surface area contributed by atoms with Crippen LogP contribution in [-0.4, -0.2) is 6.54 Å². The molecule has 0 unspecified atom stereocenters. The van der Waals surface area contributed by atoms with Gasteiger partial charge >= 0.3 is 0 Å². The maximum Gasteiger partial charge on any atom is 0.0345 e. The second-order valence-corrected chi connectivity index (χ2v) is 3.61. The third-order valence-corrected chi connectivity index (χ3v) is 2.05. The Morgan fingerprint density at radius 1 is 1.21 bits per heavy atom. The standard InChI is InChI=1S/C13H17N/c1-4-5-6-7-14-13-9-11(2)8-12(3)10-13/h1,8-10,14H,5-7H2,2-3H3. The number of rotatable bonds is 4. The van der Waals surface area contributed by atoms with E-state index in [2.05, 4.69) is 43.3 Å². The van der Waals surface area contributed by atoms with Gasteiger partial charge in [-0.15, -0.1) is 12.3 Å². The first-order valence-electron chi connectivity index (χ1n) is 4.98. The molecule has 1 nitrogen and oxygen atoms in total. The number of hydrogen-bond donors (Lipinski definition) is 1. The highest BCUT2D eigenvalue weighted by molar-refractivity contribution is 5.48. The molecule has 0 aliphatic carbocycles. The van der Waals surface area contributed by atoms with E-state index in [4.69, 9.17) is 6.42 Å². The zero-order valence-electron chi connectivity index (χ0n) is 8.93. The number of terminal acetylenes is 1. The van der Waals surface area contributed by atoms with Crippen LogP contribution in [0.4, 0.5) is 5.69 Å². The van der Waals surface area contributed by atoms with Crippen molar-refractivity contribution in [3.8, 4) is 12.3 Å². The van der Waals surface area contributed by atoms with Crippen molar-refractivity contribution in [2.45, 2.75) is 26.7 Å². The zero-order valence-corrected chi connectivity index (χ0v) is 8.93. The van der Waals surface area contributed by atoms with Gasteiger partial charge < -0.3 is 5.32 Å². The summed E-state index contributed by atoms with van der Waals surface area (Å²) in [6.45, 7) is 5.17. The normalized spacial score (nSPS) is 9.50. The van der Waals surface area contributed by atoms with Gasteiger partial charge in [0.2, 0.25) is 0 Å². The van der Waals surface area contributed by atoms with Gasteiger partial charge in [0.25, 0.3) is 0 Å². The number of nitrogens with one attached hydrogen (secondary N) is 1. The van der Waals surface area contributed by atoms with Crippen LogP contribution in [0.15, 0.2) is 18.2 Å². The summed E-state index contributed by atoms with van der Waals surface area (Å²) >= 11 is 0. The van der Waals surface area contributed by atoms with E-state index in [-0.39, 0.29) is 0 Å². The molecule has 0 saturated carbocycles. The van der Waals surface area contributed by atoms with Crippen LogP contribution in [0.2, 0.25) is 0 Å². The Morgan fingerprint density at radius 2 is 1.86 bits per heavy atom. The Labute approximate surface area is 86.5 Å². The first-order chi connectivity index (χ1) is 6.72. The quantitative estimate of drug-likeness (QED) is 0.564. The predicted octanol–water partition coefficient (Wildman–Crippen LogP) is 3.13. The van der Waals surface area contributed by atoms with Crippen LogP contribution in [0.25, 0.3) is 0 Å². The van der Waals surface area contributed by atoms with E-state index in [1.807, 2.05) is 0 Å². The molecule has 0 aromatic heterocycles. The van der Waals surface area contributed by atoms with Crippen molar-refractivity contribution in [2.75, 3.05) is 11.9 Å². The fraction of sp³-hybridized carbons (Fsp3) is 0.385. The molecule has 74 valence electrons. The third kappa shape index (κ3) is 3.53. The number of hydrogen-bond acceptors (Lipinski definition) is 1. The van der Waals surface area contributed by atoms with E-state index in [0.29, 0.717) is 0 Å². The Kier molecular flexibility index (Phi) is 4.07. The molecule has 0 amide bonds. The van der Waals surface area contributed by atoms with E-state index >= 15 is 0 Å². The summed E-state index contributed by atoms with van der Waals surface area (Å²) in [4.78, 5) is 0. The van der Waals surface area contributed by atoms with Gasteiger partial charge in [-0.2, -0.15) is 0 Å². The number of unbranched alkanes of at least 4 members (excludes halogenated alkanes) is 1. The lowest BCUT2D eigenvalue weighted by Gasteiger charge is -2.07. The molecule has 0 spiro atoms. The average molecular weight is 187 g/mol. The van der Waals surface area contributed by atoms with E-state index < -0.39 is 0 Å². The van der Waals surface area contributed by atoms with Gasteiger partial charge in [0.1, 0.15) is 0 Å². The lowest BCUT2D eigenvalue weighted by atomic mass is 10.1. The van der Waals surface area contributed by atoms with Gasteiger partial charge in [-0.1, -0.05) is 6.07 Å². The molecule has 0 aliphatic rings. The molecule has 0 aliphatic heterocycles. The minimum atomic E-state index is 0.845. The Balaban J connectivity index is 2.47. The Hall–Kier alpha value is -1.42. The van der Waals surface area contributed by atoms with Gasteiger partial charge in [0.05, 0.1) is 0 Å². The first kappa shape index (κ1) is 10.7. The third-order valence-electron chi connectivity index (χ3n) is 2.05. The Morgan fingerprint density at radius 3 is 2.43 bits per heavy atom. The summed E-state index contributed by atoms with van der Waals surface area (Å²) in [7, 11) is 0. The molecule has 1 aromatic carbocycles. The molecule has 0 heterocycles. The highest BCUT2D eigenvalue weighted by atomic mass is 14.9. The van der Waals surface area contributed by atoms with Crippen LogP contribution >= 0.6 is 0 Å². The van der Waals surface area contributed by atoms with E-state index in [1.165, 1.54) is 16.8 Å². The van der Waals surface area contributed by atoms with E-state index in [0.717, 1.165) is 19.4 Å². The fourth-order valence-corrected chi connectivity index (χ4v) is 1.50. The number of anilines is 1. The second-order valence-electron chi connectivity index (χ2n) is 3.61. The molecule has 0 bridgehead atoms. The number of benzene rings is 1. The second kappa shape index (κ2) is 5.34. The molecule has 0 fully saturated rings. The molecule has 1 rings (SSSR count). The van der Waals surface area contributed by atoms with Gasteiger partial charge in [0.15, 0.2) is 0 Å². The van der Waals surface area contributed by atoms with Crippen molar-refractivity contribution in [3.63, 3.8) is 0 Å². The largest absolute Gasteiger partial charge is 0.385 e. The van der Waals surface area contributed by atoms with Crippen molar-refractivity contribution in [1.29, 1.82) is 0 Å². The maximum atomic E-state index is 5.18. The van der Waals surface area contributed by atoms with E-state index in [9.17, 15) is 0 Å². The summed E-state index contributed by atoms with van der Waals surface area (Å²) in [5.74, 6) is 2.64. The topological polar surface area (TPSA) is 12.0 Å². The smallest absolute Gasteiger partial charge is 0.0345 e. The van der Waals surface area contributed by atoms with Crippen molar-refractivity contribution >= 4 is 5.69 Å². The summed E-state index contributed by atoms with van der Waals surface area (Å²) in [6, 6.07) is 6.48. The molecule has 0 saturated heterocycles. The lowest BCUT2D eigenvalue weighted by molar-refractivity contribution is 0.907. The van der Waals surface area contributed by atoms with Gasteiger partial charge in [-0.05, 0) is 43.5 Å². The van der Waals surface area contributed by atoms with Crippen LogP contribution in [0.1, 0.15) is 24.0 Å². The first-order valence-corrected chi connectivity index (χ1v) is 4.98. The van der Waals surface area contributed by atoms with Crippen molar-refractivity contribution < 1.29 is 0 Å². The maximum absolute atomic E-state index is 5.18. The van der Waals surface area contributed by atoms with Gasteiger partial charge in [-0.25, -0.2) is 0 Å². The average Bonchev–Trinajstić information content (AvgIpc) is 2.11. The molecule has 1 N–H and O–H groups in total. The molecule has 0 atom stereocenters. The van der Waals surface area contributed by atoms with Crippen LogP contribution in [0, 0.1) is 26.2 Å². The SMILES string of the molecule is C#CCCCNc1cc(C)cc(C)c1. The molecule has 1 heteroatoms. The fourth-order valence-electron chi connectivity index (χ4n) is 1.50. The van der Waals surface area contributed by atoms with Crippen molar-refractivity contribution in [1.82, 2.24) is 0 Å². The Bertz CT molecular complexity index is 313. The molecule has 14 heavy (non-hydrogen) atoms. The van der Waals surface area contributed by atoms with Crippen molar-refractivity contribution in [3.05, 3.63) is 29.3 Å². The zero-order chi connectivity index (χ0) is 10.4. The van der Waals surface area contributed by atoms with E-state index in [1.54, 1.807) is 0 Å². The summed E-state index contributed by atoms with van der Waals surface area (Å²) in [5.41, 5.74) is 3.79. The summed E-state index contributed by atoms with van der Waals surface area (Å²) in [6.07, 6.45) is 7.05. The minimum absolute atomic E-state index is 0.845. The summed E-state index contributed by atoms with van der Waals surface area (Å²) in [5, 5.41) is 3.37. The minimum Gasteiger partial charge on any atom is -0.385 e. The van der Waals surface area contributed by atoms with Gasteiger partial charge in [0, 0.05) is 18.7 Å². The van der Waals surface area contributed by atoms with Crippen LogP contribution in [-0.2, 0) is 0 Å². The predicted molar refractivity (Wildman–Crippen MR) is 62.5 cm³/mol. The van der Waals surface area contributed by atoms with Crippen LogP contribution < -0.4 is 5.32 Å². The lowest BCUT2D eigenvalue weighted by Crippen LogP contribution is -2.01. The van der Waals surface area contributed by atoms with Gasteiger partial charge in [-0.3, -0.25) is 0 Å². The highest BCUT2D eigenvalue weighted by Gasteiger charge is 1.94. The van der Waals surface area contributed by atoms with Crippen molar-refractivity contribution in [2.24, 2.45) is 0 Å². The highest BCUT2D eigenvalue weighted by Crippen LogP contribution is 2.13. The van der Waals surface area contributed by atoms with Crippen LogP contribution in [0.3, 0.4) is 0 Å². The molecular formula is C13H17N. The molecule has 0 radical (unpaired) electrons. The molecule has 1 aromatic rings. The molecular weight excluding hydrogens is 170 g/mol.